The van der Waals surface area contributed by atoms with Crippen molar-refractivity contribution in [2.75, 3.05) is 0 Å². The van der Waals surface area contributed by atoms with E-state index >= 15 is 0 Å². The summed E-state index contributed by atoms with van der Waals surface area (Å²) in [5.74, 6) is 3.16. The van der Waals surface area contributed by atoms with Gasteiger partial charge < -0.3 is 29.2 Å². The van der Waals surface area contributed by atoms with E-state index in [9.17, 15) is 14.4 Å². The molecule has 0 heterocycles. The Morgan fingerprint density at radius 3 is 1.09 bits per heavy atom. The third-order valence-corrected chi connectivity index (χ3v) is 4.83. The second kappa shape index (κ2) is 23.8. The molecular formula is C38H56O9. The van der Waals surface area contributed by atoms with Crippen LogP contribution in [-0.4, -0.2) is 53.5 Å². The summed E-state index contributed by atoms with van der Waals surface area (Å²) in [4.78, 5) is 31.7. The van der Waals surface area contributed by atoms with Gasteiger partial charge in [0.2, 0.25) is 0 Å². The van der Waals surface area contributed by atoms with E-state index in [1.807, 2.05) is 55.4 Å². The fraction of sp³-hybridized carbons (Fsp3) is 0.447. The average Bonchev–Trinajstić information content (AvgIpc) is 2.93. The Bertz CT molecular complexity index is 1250. The molecule has 2 N–H and O–H groups in total. The second-order valence-corrected chi connectivity index (χ2v) is 11.9. The first kappa shape index (κ1) is 44.6. The van der Waals surface area contributed by atoms with Gasteiger partial charge >= 0.3 is 0 Å². The standard InChI is InChI=1S/2C13H18O3.C7H6O3.C4H10.CH4/c2*1-9(2)15-12-6-5-11(8-14)13(7-12)16-10(3)4;8-4-5-1-2-6(9)3-7(5)10;1-4(2)3;/h2*5-10H,1-4H3;1-4,9-10H;4H,1-3H3;1H4. The van der Waals surface area contributed by atoms with Crippen molar-refractivity contribution in [2.45, 2.75) is 108 Å². The number of aldehydes is 3. The highest BCUT2D eigenvalue weighted by molar-refractivity contribution is 5.80. The molecule has 0 aliphatic heterocycles. The van der Waals surface area contributed by atoms with Gasteiger partial charge in [0.1, 0.15) is 34.5 Å². The molecule has 262 valence electrons. The first-order chi connectivity index (χ1) is 21.5. The van der Waals surface area contributed by atoms with Crippen LogP contribution in [-0.2, 0) is 0 Å². The van der Waals surface area contributed by atoms with Crippen LogP contribution >= 0.6 is 0 Å². The highest BCUT2D eigenvalue weighted by Gasteiger charge is 2.09. The van der Waals surface area contributed by atoms with Crippen molar-refractivity contribution >= 4 is 18.9 Å². The Morgan fingerprint density at radius 1 is 0.489 bits per heavy atom. The first-order valence-electron chi connectivity index (χ1n) is 15.3. The smallest absolute Gasteiger partial charge is 0.153 e. The number of phenols is 2. The van der Waals surface area contributed by atoms with Crippen molar-refractivity contribution in [2.24, 2.45) is 5.92 Å². The molecule has 3 rings (SSSR count). The number of carbonyl (C=O) groups excluding carboxylic acids is 3. The fourth-order valence-electron chi connectivity index (χ4n) is 3.26. The Labute approximate surface area is 281 Å². The van der Waals surface area contributed by atoms with Gasteiger partial charge in [-0.25, -0.2) is 0 Å². The van der Waals surface area contributed by atoms with Crippen LogP contribution in [0.4, 0.5) is 0 Å². The molecule has 0 aliphatic rings. The van der Waals surface area contributed by atoms with Gasteiger partial charge in [0.15, 0.2) is 18.9 Å². The van der Waals surface area contributed by atoms with Crippen LogP contribution in [0.1, 0.15) is 115 Å². The molecule has 0 atom stereocenters. The van der Waals surface area contributed by atoms with Crippen LogP contribution in [0.15, 0.2) is 54.6 Å². The van der Waals surface area contributed by atoms with E-state index in [1.54, 1.807) is 36.4 Å². The molecule has 3 aromatic rings. The number of hydrogen-bond acceptors (Lipinski definition) is 9. The molecule has 0 saturated carbocycles. The maximum atomic E-state index is 10.8. The molecule has 0 fully saturated rings. The Hall–Kier alpha value is -4.53. The molecule has 9 heteroatoms. The van der Waals surface area contributed by atoms with Crippen molar-refractivity contribution in [1.29, 1.82) is 0 Å². The third kappa shape index (κ3) is 20.3. The minimum Gasteiger partial charge on any atom is -0.508 e. The molecule has 0 spiro atoms. The molecule has 0 radical (unpaired) electrons. The lowest BCUT2D eigenvalue weighted by molar-refractivity contribution is 0.110. The topological polar surface area (TPSA) is 129 Å². The third-order valence-electron chi connectivity index (χ3n) is 4.83. The molecule has 9 nitrogen and oxygen atoms in total. The van der Waals surface area contributed by atoms with E-state index in [1.165, 1.54) is 12.1 Å². The average molecular weight is 657 g/mol. The fourth-order valence-corrected chi connectivity index (χ4v) is 3.26. The molecule has 0 aromatic heterocycles. The SMILES string of the molecule is C.CC(C)C.CC(C)Oc1ccc(C=O)c(OC(C)C)c1.CC(C)Oc1ccc(C=O)c(OC(C)C)c1.O=Cc1ccc(O)cc1O. The van der Waals surface area contributed by atoms with Crippen molar-refractivity contribution in [3.05, 3.63) is 71.3 Å². The molecule has 0 bridgehead atoms. The van der Waals surface area contributed by atoms with Gasteiger partial charge in [0.25, 0.3) is 0 Å². The molecular weight excluding hydrogens is 600 g/mol. The van der Waals surface area contributed by atoms with Crippen LogP contribution in [0.5, 0.6) is 34.5 Å². The Kier molecular flexibility index (Phi) is 22.5. The highest BCUT2D eigenvalue weighted by atomic mass is 16.5. The number of hydrogen-bond donors (Lipinski definition) is 2. The number of ether oxygens (including phenoxy) is 4. The minimum absolute atomic E-state index is 0. The predicted molar refractivity (Wildman–Crippen MR) is 189 cm³/mol. The van der Waals surface area contributed by atoms with E-state index in [-0.39, 0.29) is 48.9 Å². The lowest BCUT2D eigenvalue weighted by atomic mass is 10.2. The van der Waals surface area contributed by atoms with Crippen molar-refractivity contribution in [1.82, 2.24) is 0 Å². The second-order valence-electron chi connectivity index (χ2n) is 11.9. The van der Waals surface area contributed by atoms with Gasteiger partial charge in [0.05, 0.1) is 41.1 Å². The van der Waals surface area contributed by atoms with Crippen LogP contribution < -0.4 is 18.9 Å². The van der Waals surface area contributed by atoms with Crippen molar-refractivity contribution in [3.8, 4) is 34.5 Å². The van der Waals surface area contributed by atoms with Gasteiger partial charge in [0, 0.05) is 18.2 Å². The Balaban J connectivity index is 0. The van der Waals surface area contributed by atoms with Gasteiger partial charge in [-0.1, -0.05) is 28.2 Å². The maximum absolute atomic E-state index is 10.8. The zero-order valence-electron chi connectivity index (χ0n) is 29.1. The Morgan fingerprint density at radius 2 is 0.809 bits per heavy atom. The van der Waals surface area contributed by atoms with E-state index < -0.39 is 0 Å². The number of aromatic hydroxyl groups is 2. The normalized spacial score (nSPS) is 9.96. The largest absolute Gasteiger partial charge is 0.508 e. The molecule has 0 aliphatic carbocycles. The number of carbonyl (C=O) groups is 3. The summed E-state index contributed by atoms with van der Waals surface area (Å²) in [6, 6.07) is 14.3. The summed E-state index contributed by atoms with van der Waals surface area (Å²) >= 11 is 0. The van der Waals surface area contributed by atoms with Gasteiger partial charge in [-0.3, -0.25) is 14.4 Å². The van der Waals surface area contributed by atoms with Gasteiger partial charge in [-0.2, -0.15) is 0 Å². The van der Waals surface area contributed by atoms with Crippen LogP contribution in [0, 0.1) is 5.92 Å². The summed E-state index contributed by atoms with van der Waals surface area (Å²) in [5, 5.41) is 17.7. The van der Waals surface area contributed by atoms with Gasteiger partial charge in [-0.05, 0) is 97.7 Å². The summed E-state index contributed by atoms with van der Waals surface area (Å²) in [7, 11) is 0. The molecule has 0 saturated heterocycles. The van der Waals surface area contributed by atoms with E-state index in [0.717, 1.165) is 36.1 Å². The zero-order chi connectivity index (χ0) is 35.4. The predicted octanol–water partition coefficient (Wildman–Crippen LogP) is 9.36. The lowest BCUT2D eigenvalue weighted by Gasteiger charge is -2.15. The van der Waals surface area contributed by atoms with Gasteiger partial charge in [-0.15, -0.1) is 0 Å². The minimum atomic E-state index is -0.199. The summed E-state index contributed by atoms with van der Waals surface area (Å²) in [6.07, 6.45) is 2.38. The van der Waals surface area contributed by atoms with E-state index in [2.05, 4.69) is 20.8 Å². The van der Waals surface area contributed by atoms with E-state index in [0.29, 0.717) is 28.9 Å². The number of rotatable bonds is 11. The zero-order valence-corrected chi connectivity index (χ0v) is 29.1. The van der Waals surface area contributed by atoms with Crippen LogP contribution in [0.25, 0.3) is 0 Å². The van der Waals surface area contributed by atoms with E-state index in [4.69, 9.17) is 29.2 Å². The highest BCUT2D eigenvalue weighted by Crippen LogP contribution is 2.26. The summed E-state index contributed by atoms with van der Waals surface area (Å²) in [5.41, 5.74) is 1.27. The number of phenolic OH excluding ortho intramolecular Hbond substituents is 2. The van der Waals surface area contributed by atoms with Crippen LogP contribution in [0.3, 0.4) is 0 Å². The molecule has 3 aromatic carbocycles. The molecule has 47 heavy (non-hydrogen) atoms. The molecule has 0 unspecified atom stereocenters. The maximum Gasteiger partial charge on any atom is 0.153 e. The monoisotopic (exact) mass is 656 g/mol. The first-order valence-corrected chi connectivity index (χ1v) is 15.3. The summed E-state index contributed by atoms with van der Waals surface area (Å²) in [6.45, 7) is 22.0. The summed E-state index contributed by atoms with van der Waals surface area (Å²) < 4.78 is 22.2. The quantitative estimate of drug-likeness (QED) is 0.194. The van der Waals surface area contributed by atoms with Crippen LogP contribution in [0.2, 0.25) is 0 Å². The van der Waals surface area contributed by atoms with Crippen molar-refractivity contribution < 1.29 is 43.5 Å². The molecule has 0 amide bonds. The number of benzene rings is 3. The lowest BCUT2D eigenvalue weighted by Crippen LogP contribution is -2.09. The van der Waals surface area contributed by atoms with Crippen molar-refractivity contribution in [3.63, 3.8) is 0 Å².